The van der Waals surface area contributed by atoms with E-state index in [4.69, 9.17) is 11.6 Å². The van der Waals surface area contributed by atoms with Crippen molar-refractivity contribution in [3.63, 3.8) is 0 Å². The SMILES string of the molecule is Cn1cc(S(=O)(=O)NC2CCc3c(Cl)cccc32)cn1. The van der Waals surface area contributed by atoms with Crippen molar-refractivity contribution in [2.45, 2.75) is 23.8 Å². The highest BCUT2D eigenvalue weighted by Crippen LogP contribution is 2.36. The van der Waals surface area contributed by atoms with E-state index < -0.39 is 10.0 Å². The fourth-order valence-electron chi connectivity index (χ4n) is 2.53. The quantitative estimate of drug-likeness (QED) is 0.943. The van der Waals surface area contributed by atoms with Crippen molar-refractivity contribution >= 4 is 21.6 Å². The molecule has 0 radical (unpaired) electrons. The molecule has 5 nitrogen and oxygen atoms in total. The molecule has 1 aromatic carbocycles. The van der Waals surface area contributed by atoms with Gasteiger partial charge in [-0.25, -0.2) is 13.1 Å². The maximum absolute atomic E-state index is 12.3. The number of aromatic nitrogens is 2. The summed E-state index contributed by atoms with van der Waals surface area (Å²) in [5.41, 5.74) is 2.00. The Labute approximate surface area is 122 Å². The molecule has 1 N–H and O–H groups in total. The second-order valence-electron chi connectivity index (χ2n) is 4.87. The number of hydrogen-bond acceptors (Lipinski definition) is 3. The lowest BCUT2D eigenvalue weighted by Gasteiger charge is -2.13. The van der Waals surface area contributed by atoms with Gasteiger partial charge >= 0.3 is 0 Å². The number of hydrogen-bond donors (Lipinski definition) is 1. The first-order valence-corrected chi connectivity index (χ1v) is 8.12. The van der Waals surface area contributed by atoms with Crippen LogP contribution in [0.1, 0.15) is 23.6 Å². The van der Waals surface area contributed by atoms with Crippen molar-refractivity contribution in [1.29, 1.82) is 0 Å². The zero-order valence-electron chi connectivity index (χ0n) is 10.9. The van der Waals surface area contributed by atoms with Gasteiger partial charge in [0.25, 0.3) is 0 Å². The summed E-state index contributed by atoms with van der Waals surface area (Å²) in [5, 5.41) is 4.59. The van der Waals surface area contributed by atoms with Gasteiger partial charge in [0.05, 0.1) is 6.20 Å². The molecule has 1 aliphatic rings. The van der Waals surface area contributed by atoms with Crippen LogP contribution in [-0.4, -0.2) is 18.2 Å². The Morgan fingerprint density at radius 3 is 2.95 bits per heavy atom. The molecule has 0 amide bonds. The maximum atomic E-state index is 12.3. The molecule has 1 aliphatic carbocycles. The Balaban J connectivity index is 1.89. The maximum Gasteiger partial charge on any atom is 0.244 e. The van der Waals surface area contributed by atoms with Crippen molar-refractivity contribution in [1.82, 2.24) is 14.5 Å². The molecule has 7 heteroatoms. The van der Waals surface area contributed by atoms with Crippen LogP contribution in [0.3, 0.4) is 0 Å². The van der Waals surface area contributed by atoms with Crippen LogP contribution in [0.5, 0.6) is 0 Å². The van der Waals surface area contributed by atoms with Crippen molar-refractivity contribution in [3.8, 4) is 0 Å². The third kappa shape index (κ3) is 2.34. The molecule has 0 spiro atoms. The summed E-state index contributed by atoms with van der Waals surface area (Å²) < 4.78 is 28.8. The highest BCUT2D eigenvalue weighted by Gasteiger charge is 2.29. The summed E-state index contributed by atoms with van der Waals surface area (Å²) in [6.07, 6.45) is 4.33. The lowest BCUT2D eigenvalue weighted by Crippen LogP contribution is -2.27. The first-order valence-electron chi connectivity index (χ1n) is 6.25. The molecule has 106 valence electrons. The second-order valence-corrected chi connectivity index (χ2v) is 6.99. The molecule has 3 rings (SSSR count). The highest BCUT2D eigenvalue weighted by atomic mass is 35.5. The van der Waals surface area contributed by atoms with E-state index in [0.29, 0.717) is 5.02 Å². The molecule has 1 aromatic heterocycles. The van der Waals surface area contributed by atoms with Crippen molar-refractivity contribution in [2.24, 2.45) is 7.05 Å². The summed E-state index contributed by atoms with van der Waals surface area (Å²) in [7, 11) is -1.87. The Hall–Kier alpha value is -1.37. The van der Waals surface area contributed by atoms with E-state index in [2.05, 4.69) is 9.82 Å². The minimum absolute atomic E-state index is 0.176. The minimum atomic E-state index is -3.55. The van der Waals surface area contributed by atoms with E-state index in [0.717, 1.165) is 24.0 Å². The molecule has 1 heterocycles. The van der Waals surface area contributed by atoms with Crippen LogP contribution in [0.2, 0.25) is 5.02 Å². The molecule has 0 saturated heterocycles. The summed E-state index contributed by atoms with van der Waals surface area (Å²) in [6, 6.07) is 5.37. The third-order valence-electron chi connectivity index (χ3n) is 3.50. The largest absolute Gasteiger partial charge is 0.274 e. The van der Waals surface area contributed by atoms with Gasteiger partial charge in [-0.2, -0.15) is 5.10 Å². The summed E-state index contributed by atoms with van der Waals surface area (Å²) >= 11 is 6.14. The van der Waals surface area contributed by atoms with Gasteiger partial charge in [0.1, 0.15) is 4.90 Å². The van der Waals surface area contributed by atoms with Crippen molar-refractivity contribution in [3.05, 3.63) is 46.7 Å². The fraction of sp³-hybridized carbons (Fsp3) is 0.308. The molecule has 2 aromatic rings. The van der Waals surface area contributed by atoms with Gasteiger partial charge in [-0.15, -0.1) is 0 Å². The number of nitrogens with one attached hydrogen (secondary N) is 1. The van der Waals surface area contributed by atoms with Gasteiger partial charge in [-0.05, 0) is 30.0 Å². The van der Waals surface area contributed by atoms with E-state index >= 15 is 0 Å². The first-order chi connectivity index (χ1) is 9.47. The molecular formula is C13H14ClN3O2S. The van der Waals surface area contributed by atoms with E-state index in [1.807, 2.05) is 18.2 Å². The van der Waals surface area contributed by atoms with Crippen molar-refractivity contribution in [2.75, 3.05) is 0 Å². The van der Waals surface area contributed by atoms with Crippen LogP contribution in [0.4, 0.5) is 0 Å². The van der Waals surface area contributed by atoms with Crippen LogP contribution in [-0.2, 0) is 23.5 Å². The summed E-state index contributed by atoms with van der Waals surface area (Å²) in [6.45, 7) is 0. The topological polar surface area (TPSA) is 64.0 Å². The number of nitrogens with zero attached hydrogens (tertiary/aromatic N) is 2. The van der Waals surface area contributed by atoms with Crippen LogP contribution >= 0.6 is 11.6 Å². The second kappa shape index (κ2) is 4.87. The fourth-order valence-corrected chi connectivity index (χ4v) is 4.03. The zero-order chi connectivity index (χ0) is 14.3. The van der Waals surface area contributed by atoms with E-state index in [1.54, 1.807) is 7.05 Å². The lowest BCUT2D eigenvalue weighted by atomic mass is 10.1. The molecule has 0 bridgehead atoms. The normalized spacial score (nSPS) is 18.2. The van der Waals surface area contributed by atoms with Crippen LogP contribution in [0.15, 0.2) is 35.5 Å². The lowest BCUT2D eigenvalue weighted by molar-refractivity contribution is 0.554. The van der Waals surface area contributed by atoms with Gasteiger partial charge in [0.2, 0.25) is 10.0 Å². The summed E-state index contributed by atoms with van der Waals surface area (Å²) in [5.74, 6) is 0. The average molecular weight is 312 g/mol. The zero-order valence-corrected chi connectivity index (χ0v) is 12.4. The average Bonchev–Trinajstić information content (AvgIpc) is 2.98. The van der Waals surface area contributed by atoms with Crippen LogP contribution in [0.25, 0.3) is 0 Å². The number of aryl methyl sites for hydroxylation is 1. The molecule has 0 saturated carbocycles. The highest BCUT2D eigenvalue weighted by molar-refractivity contribution is 7.89. The van der Waals surface area contributed by atoms with Gasteiger partial charge in [0.15, 0.2) is 0 Å². The minimum Gasteiger partial charge on any atom is -0.274 e. The van der Waals surface area contributed by atoms with Crippen molar-refractivity contribution < 1.29 is 8.42 Å². The first kappa shape index (κ1) is 13.6. The standard InChI is InChI=1S/C13H14ClN3O2S/c1-17-8-9(7-15-17)20(18,19)16-13-6-5-10-11(13)3-2-4-12(10)14/h2-4,7-8,13,16H,5-6H2,1H3. The van der Waals surface area contributed by atoms with Gasteiger partial charge < -0.3 is 0 Å². The molecular weight excluding hydrogens is 298 g/mol. The Kier molecular flexibility index (Phi) is 3.32. The van der Waals surface area contributed by atoms with E-state index in [1.165, 1.54) is 17.1 Å². The number of sulfonamides is 1. The molecule has 20 heavy (non-hydrogen) atoms. The monoisotopic (exact) mass is 311 g/mol. The smallest absolute Gasteiger partial charge is 0.244 e. The van der Waals surface area contributed by atoms with E-state index in [-0.39, 0.29) is 10.9 Å². The molecule has 0 aliphatic heterocycles. The van der Waals surface area contributed by atoms with Gasteiger partial charge in [-0.3, -0.25) is 4.68 Å². The number of rotatable bonds is 3. The van der Waals surface area contributed by atoms with Crippen LogP contribution < -0.4 is 4.72 Å². The molecule has 0 fully saturated rings. The van der Waals surface area contributed by atoms with E-state index in [9.17, 15) is 8.42 Å². The predicted molar refractivity (Wildman–Crippen MR) is 76.0 cm³/mol. The predicted octanol–water partition coefficient (Wildman–Crippen LogP) is 2.04. The van der Waals surface area contributed by atoms with Gasteiger partial charge in [0, 0.05) is 24.3 Å². The third-order valence-corrected chi connectivity index (χ3v) is 5.28. The molecule has 1 unspecified atom stereocenters. The number of halogens is 1. The number of benzene rings is 1. The Morgan fingerprint density at radius 1 is 1.45 bits per heavy atom. The number of fused-ring (bicyclic) bond motifs is 1. The summed E-state index contributed by atoms with van der Waals surface area (Å²) in [4.78, 5) is 0.176. The Bertz CT molecular complexity index is 755. The van der Waals surface area contributed by atoms with Crippen LogP contribution in [0, 0.1) is 0 Å². The molecule has 1 atom stereocenters. The Morgan fingerprint density at radius 2 is 2.25 bits per heavy atom. The van der Waals surface area contributed by atoms with Gasteiger partial charge in [-0.1, -0.05) is 23.7 Å².